The zero-order chi connectivity index (χ0) is 12.3. The van der Waals surface area contributed by atoms with Gasteiger partial charge in [0.1, 0.15) is 0 Å². The molecule has 0 amide bonds. The van der Waals surface area contributed by atoms with E-state index in [-0.39, 0.29) is 10.7 Å². The highest BCUT2D eigenvalue weighted by atomic mass is 35.5. The SMILES string of the molecule is Nc1ccc(Cl)c(F)c1NCCc1cnc[nH]1. The molecule has 0 bridgehead atoms. The lowest BCUT2D eigenvalue weighted by atomic mass is 10.2. The summed E-state index contributed by atoms with van der Waals surface area (Å²) in [6, 6.07) is 3.01. The smallest absolute Gasteiger partial charge is 0.166 e. The first-order valence-electron chi connectivity index (χ1n) is 5.13. The normalized spacial score (nSPS) is 10.5. The molecule has 2 aromatic rings. The molecule has 90 valence electrons. The van der Waals surface area contributed by atoms with Crippen molar-refractivity contribution in [2.75, 3.05) is 17.6 Å². The first-order valence-corrected chi connectivity index (χ1v) is 5.51. The molecule has 2 rings (SSSR count). The summed E-state index contributed by atoms with van der Waals surface area (Å²) in [7, 11) is 0. The fraction of sp³-hybridized carbons (Fsp3) is 0.182. The molecule has 1 aromatic heterocycles. The Bertz CT molecular complexity index is 498. The molecule has 0 aliphatic carbocycles. The third-order valence-electron chi connectivity index (χ3n) is 2.38. The van der Waals surface area contributed by atoms with Gasteiger partial charge in [0.2, 0.25) is 0 Å². The standard InChI is InChI=1S/C11H12ClFN4/c12-8-1-2-9(14)11(10(8)13)16-4-3-7-5-15-6-17-7/h1-2,5-6,16H,3-4,14H2,(H,15,17). The van der Waals surface area contributed by atoms with Crippen LogP contribution in [0.3, 0.4) is 0 Å². The Hall–Kier alpha value is -1.75. The molecule has 1 aromatic carbocycles. The van der Waals surface area contributed by atoms with Crippen molar-refractivity contribution in [3.63, 3.8) is 0 Å². The zero-order valence-electron chi connectivity index (χ0n) is 9.00. The summed E-state index contributed by atoms with van der Waals surface area (Å²) >= 11 is 5.68. The Kier molecular flexibility index (Phi) is 3.49. The van der Waals surface area contributed by atoms with E-state index in [9.17, 15) is 4.39 Å². The monoisotopic (exact) mass is 254 g/mol. The summed E-state index contributed by atoms with van der Waals surface area (Å²) in [5, 5.41) is 2.99. The number of nitrogens with one attached hydrogen (secondary N) is 2. The van der Waals surface area contributed by atoms with Crippen molar-refractivity contribution in [2.45, 2.75) is 6.42 Å². The van der Waals surface area contributed by atoms with Crippen LogP contribution in [0, 0.1) is 5.82 Å². The van der Waals surface area contributed by atoms with Gasteiger partial charge in [-0.05, 0) is 12.1 Å². The second-order valence-corrected chi connectivity index (χ2v) is 3.99. The van der Waals surface area contributed by atoms with Gasteiger partial charge in [-0.3, -0.25) is 0 Å². The van der Waals surface area contributed by atoms with E-state index in [0.29, 0.717) is 18.7 Å². The van der Waals surface area contributed by atoms with Gasteiger partial charge in [-0.1, -0.05) is 11.6 Å². The predicted octanol–water partition coefficient (Wildman–Crippen LogP) is 2.44. The summed E-state index contributed by atoms with van der Waals surface area (Å²) in [5.41, 5.74) is 7.23. The Labute approximate surface area is 103 Å². The molecule has 0 saturated heterocycles. The maximum absolute atomic E-state index is 13.6. The van der Waals surface area contributed by atoms with Crippen LogP contribution >= 0.6 is 11.6 Å². The van der Waals surface area contributed by atoms with Gasteiger partial charge in [-0.25, -0.2) is 9.37 Å². The number of hydrogen-bond acceptors (Lipinski definition) is 3. The molecule has 17 heavy (non-hydrogen) atoms. The van der Waals surface area contributed by atoms with Crippen LogP contribution in [-0.4, -0.2) is 16.5 Å². The lowest BCUT2D eigenvalue weighted by molar-refractivity contribution is 0.631. The number of hydrogen-bond donors (Lipinski definition) is 3. The maximum atomic E-state index is 13.6. The van der Waals surface area contributed by atoms with Gasteiger partial charge in [-0.15, -0.1) is 0 Å². The van der Waals surface area contributed by atoms with Crippen molar-refractivity contribution >= 4 is 23.0 Å². The number of aromatic amines is 1. The highest BCUT2D eigenvalue weighted by Crippen LogP contribution is 2.28. The van der Waals surface area contributed by atoms with Gasteiger partial charge in [-0.2, -0.15) is 0 Å². The number of H-pyrrole nitrogens is 1. The minimum absolute atomic E-state index is 0.0586. The fourth-order valence-corrected chi connectivity index (χ4v) is 1.65. The number of halogens is 2. The highest BCUT2D eigenvalue weighted by molar-refractivity contribution is 6.31. The number of nitrogen functional groups attached to an aromatic ring is 1. The van der Waals surface area contributed by atoms with E-state index in [1.807, 2.05) is 0 Å². The lowest BCUT2D eigenvalue weighted by Gasteiger charge is -2.10. The van der Waals surface area contributed by atoms with E-state index in [1.54, 1.807) is 18.6 Å². The molecule has 6 heteroatoms. The first kappa shape index (κ1) is 11.7. The van der Waals surface area contributed by atoms with Crippen LogP contribution in [0.4, 0.5) is 15.8 Å². The largest absolute Gasteiger partial charge is 0.397 e. The van der Waals surface area contributed by atoms with Gasteiger partial charge in [0.05, 0.1) is 22.7 Å². The van der Waals surface area contributed by atoms with Crippen LogP contribution < -0.4 is 11.1 Å². The molecule has 0 aliphatic rings. The van der Waals surface area contributed by atoms with E-state index in [4.69, 9.17) is 17.3 Å². The molecule has 0 aliphatic heterocycles. The van der Waals surface area contributed by atoms with Gasteiger partial charge in [0.25, 0.3) is 0 Å². The van der Waals surface area contributed by atoms with E-state index >= 15 is 0 Å². The van der Waals surface area contributed by atoms with Crippen molar-refractivity contribution in [1.82, 2.24) is 9.97 Å². The quantitative estimate of drug-likeness (QED) is 0.734. The Morgan fingerprint density at radius 1 is 1.47 bits per heavy atom. The van der Waals surface area contributed by atoms with Gasteiger partial charge in [0.15, 0.2) is 5.82 Å². The molecular formula is C11H12ClFN4. The number of nitrogens with two attached hydrogens (primary N) is 1. The number of imidazole rings is 1. The molecule has 0 atom stereocenters. The second kappa shape index (κ2) is 5.05. The number of benzene rings is 1. The van der Waals surface area contributed by atoms with E-state index < -0.39 is 5.82 Å². The van der Waals surface area contributed by atoms with Crippen LogP contribution in [0.2, 0.25) is 5.02 Å². The predicted molar refractivity (Wildman–Crippen MR) is 66.6 cm³/mol. The number of anilines is 2. The van der Waals surface area contributed by atoms with Crippen LogP contribution in [0.1, 0.15) is 5.69 Å². The molecule has 0 fully saturated rings. The Morgan fingerprint density at radius 3 is 3.00 bits per heavy atom. The maximum Gasteiger partial charge on any atom is 0.166 e. The van der Waals surface area contributed by atoms with E-state index in [1.165, 1.54) is 6.07 Å². The molecule has 4 nitrogen and oxygen atoms in total. The third-order valence-corrected chi connectivity index (χ3v) is 2.67. The van der Waals surface area contributed by atoms with Crippen molar-refractivity contribution in [3.05, 3.63) is 41.2 Å². The lowest BCUT2D eigenvalue weighted by Crippen LogP contribution is -2.09. The fourth-order valence-electron chi connectivity index (χ4n) is 1.49. The first-order chi connectivity index (χ1) is 8.18. The van der Waals surface area contributed by atoms with Crippen LogP contribution in [0.25, 0.3) is 0 Å². The average molecular weight is 255 g/mol. The van der Waals surface area contributed by atoms with Crippen LogP contribution in [0.15, 0.2) is 24.7 Å². The summed E-state index contributed by atoms with van der Waals surface area (Å²) in [6.07, 6.45) is 4.02. The van der Waals surface area contributed by atoms with Gasteiger partial charge >= 0.3 is 0 Å². The molecule has 4 N–H and O–H groups in total. The molecule has 0 unspecified atom stereocenters. The van der Waals surface area contributed by atoms with Crippen molar-refractivity contribution in [3.8, 4) is 0 Å². The summed E-state index contributed by atoms with van der Waals surface area (Å²) in [5.74, 6) is -0.517. The summed E-state index contributed by atoms with van der Waals surface area (Å²) in [6.45, 7) is 0.545. The van der Waals surface area contributed by atoms with Crippen LogP contribution in [0.5, 0.6) is 0 Å². The molecule has 1 heterocycles. The summed E-state index contributed by atoms with van der Waals surface area (Å²) < 4.78 is 13.6. The van der Waals surface area contributed by atoms with E-state index in [2.05, 4.69) is 15.3 Å². The third kappa shape index (κ3) is 2.68. The topological polar surface area (TPSA) is 66.7 Å². The summed E-state index contributed by atoms with van der Waals surface area (Å²) in [4.78, 5) is 6.86. The molecular weight excluding hydrogens is 243 g/mol. The van der Waals surface area contributed by atoms with Gasteiger partial charge < -0.3 is 16.0 Å². The van der Waals surface area contributed by atoms with E-state index in [0.717, 1.165) is 5.69 Å². The number of nitrogens with zero attached hydrogens (tertiary/aromatic N) is 1. The minimum Gasteiger partial charge on any atom is -0.397 e. The Morgan fingerprint density at radius 2 is 2.29 bits per heavy atom. The molecule has 0 saturated carbocycles. The average Bonchev–Trinajstić information content (AvgIpc) is 2.81. The minimum atomic E-state index is -0.517. The zero-order valence-corrected chi connectivity index (χ0v) is 9.76. The van der Waals surface area contributed by atoms with Gasteiger partial charge in [0, 0.05) is 24.9 Å². The van der Waals surface area contributed by atoms with Crippen molar-refractivity contribution in [2.24, 2.45) is 0 Å². The Balaban J connectivity index is 2.01. The molecule has 0 radical (unpaired) electrons. The molecule has 0 spiro atoms. The van der Waals surface area contributed by atoms with Crippen LogP contribution in [-0.2, 0) is 6.42 Å². The second-order valence-electron chi connectivity index (χ2n) is 3.58. The number of rotatable bonds is 4. The van der Waals surface area contributed by atoms with Crippen molar-refractivity contribution in [1.29, 1.82) is 0 Å². The van der Waals surface area contributed by atoms with Crippen molar-refractivity contribution < 1.29 is 4.39 Å². The highest BCUT2D eigenvalue weighted by Gasteiger charge is 2.09. The number of aromatic nitrogens is 2.